The number of carbonyl (C=O) groups excluding carboxylic acids is 1. The molecule has 43 heavy (non-hydrogen) atoms. The molecule has 6 rings (SSSR count). The van der Waals surface area contributed by atoms with Crippen LogP contribution < -0.4 is 0 Å². The molecule has 1 fully saturated rings. The fourth-order valence-corrected chi connectivity index (χ4v) is 6.41. The van der Waals surface area contributed by atoms with E-state index in [4.69, 9.17) is 0 Å². The predicted molar refractivity (Wildman–Crippen MR) is 164 cm³/mol. The summed E-state index contributed by atoms with van der Waals surface area (Å²) in [7, 11) is 1.92. The zero-order valence-corrected chi connectivity index (χ0v) is 24.0. The van der Waals surface area contributed by atoms with E-state index in [1.807, 2.05) is 83.4 Å². The Bertz CT molecular complexity index is 1650. The smallest absolute Gasteiger partial charge is 0.350 e. The topological polar surface area (TPSA) is 28.5 Å². The van der Waals surface area contributed by atoms with Crippen LogP contribution >= 0.6 is 0 Å². The molecule has 1 aromatic heterocycles. The number of hydrogen-bond donors (Lipinski definition) is 0. The molecule has 4 aromatic carbocycles. The molecule has 1 aliphatic rings. The van der Waals surface area contributed by atoms with Gasteiger partial charge >= 0.3 is 6.18 Å². The van der Waals surface area contributed by atoms with Crippen molar-refractivity contribution in [3.05, 3.63) is 143 Å². The van der Waals surface area contributed by atoms with E-state index in [0.717, 1.165) is 22.5 Å². The van der Waals surface area contributed by atoms with Crippen LogP contribution in [0.2, 0.25) is 0 Å². The number of rotatable bonds is 7. The normalized spacial score (nSPS) is 15.2. The fourth-order valence-electron chi connectivity index (χ4n) is 6.41. The summed E-state index contributed by atoms with van der Waals surface area (Å²) in [4.78, 5) is 18.2. The van der Waals surface area contributed by atoms with Gasteiger partial charge in [0.15, 0.2) is 0 Å². The number of para-hydroxylation sites is 1. The maximum absolute atomic E-state index is 13.9. The summed E-state index contributed by atoms with van der Waals surface area (Å²) in [6.45, 7) is 2.51. The predicted octanol–water partition coefficient (Wildman–Crippen LogP) is 7.65. The molecule has 0 unspecified atom stereocenters. The monoisotopic (exact) mass is 581 g/mol. The second kappa shape index (κ2) is 12.1. The van der Waals surface area contributed by atoms with E-state index >= 15 is 0 Å². The number of fused-ring (bicyclic) bond motifs is 1. The van der Waals surface area contributed by atoms with Gasteiger partial charge in [0.1, 0.15) is 0 Å². The van der Waals surface area contributed by atoms with E-state index in [1.54, 1.807) is 6.07 Å². The second-order valence-corrected chi connectivity index (χ2v) is 11.2. The lowest BCUT2D eigenvalue weighted by Crippen LogP contribution is -2.50. The Labute approximate surface area is 250 Å². The Morgan fingerprint density at radius 2 is 1.33 bits per heavy atom. The third-order valence-corrected chi connectivity index (χ3v) is 8.56. The maximum Gasteiger partial charge on any atom is 0.416 e. The largest absolute Gasteiger partial charge is 0.416 e. The number of halogens is 3. The molecule has 220 valence electrons. The first-order valence-corrected chi connectivity index (χ1v) is 14.6. The number of alkyl halides is 3. The molecule has 0 saturated carbocycles. The summed E-state index contributed by atoms with van der Waals surface area (Å²) in [5, 5.41) is 0.943. The zero-order valence-electron chi connectivity index (χ0n) is 24.0. The van der Waals surface area contributed by atoms with Crippen molar-refractivity contribution in [2.75, 3.05) is 26.2 Å². The Kier molecular flexibility index (Phi) is 8.08. The van der Waals surface area contributed by atoms with Crippen LogP contribution in [0.4, 0.5) is 13.2 Å². The summed E-state index contributed by atoms with van der Waals surface area (Å²) in [6.07, 6.45) is -2.42. The molecule has 0 N–H and O–H groups in total. The van der Waals surface area contributed by atoms with Gasteiger partial charge in [-0.2, -0.15) is 13.2 Å². The van der Waals surface area contributed by atoms with E-state index in [0.29, 0.717) is 31.7 Å². The van der Waals surface area contributed by atoms with Crippen molar-refractivity contribution in [1.29, 1.82) is 0 Å². The number of carbonyl (C=O) groups is 1. The SMILES string of the molecule is Cn1cc([C@@H](CC(=O)N2CCN(C(c3ccccc3)c3ccccc3)CC2)c2cccc(C(F)(F)F)c2)c2ccccc21. The lowest BCUT2D eigenvalue weighted by molar-refractivity contribution is -0.137. The first-order chi connectivity index (χ1) is 20.8. The van der Waals surface area contributed by atoms with Gasteiger partial charge in [-0.15, -0.1) is 0 Å². The molecule has 0 radical (unpaired) electrons. The molecule has 1 amide bonds. The number of nitrogens with zero attached hydrogens (tertiary/aromatic N) is 3. The number of hydrogen-bond acceptors (Lipinski definition) is 2. The lowest BCUT2D eigenvalue weighted by Gasteiger charge is -2.40. The van der Waals surface area contributed by atoms with Crippen LogP contribution in [0.1, 0.15) is 46.2 Å². The first-order valence-electron chi connectivity index (χ1n) is 14.6. The highest BCUT2D eigenvalue weighted by molar-refractivity contribution is 5.86. The molecular formula is C36H34F3N3O. The third kappa shape index (κ3) is 6.09. The number of benzene rings is 4. The molecule has 7 heteroatoms. The highest BCUT2D eigenvalue weighted by Crippen LogP contribution is 2.38. The molecule has 1 aliphatic heterocycles. The summed E-state index contributed by atoms with van der Waals surface area (Å²) in [5.74, 6) is -0.564. The first kappa shape index (κ1) is 28.7. The summed E-state index contributed by atoms with van der Waals surface area (Å²) in [6, 6.07) is 34.1. The Balaban J connectivity index is 1.26. The second-order valence-electron chi connectivity index (χ2n) is 11.2. The van der Waals surface area contributed by atoms with Crippen LogP contribution in [0.15, 0.2) is 115 Å². The number of aromatic nitrogens is 1. The van der Waals surface area contributed by atoms with Crippen molar-refractivity contribution < 1.29 is 18.0 Å². The number of aryl methyl sites for hydroxylation is 1. The number of amides is 1. The highest BCUT2D eigenvalue weighted by atomic mass is 19.4. The Morgan fingerprint density at radius 3 is 1.95 bits per heavy atom. The van der Waals surface area contributed by atoms with Gasteiger partial charge in [-0.25, -0.2) is 0 Å². The molecule has 4 nitrogen and oxygen atoms in total. The minimum absolute atomic E-state index is 0.0500. The van der Waals surface area contributed by atoms with Crippen LogP contribution in [0, 0.1) is 0 Å². The van der Waals surface area contributed by atoms with Gasteiger partial charge in [-0.05, 0) is 34.4 Å². The van der Waals surface area contributed by atoms with Gasteiger partial charge in [0.2, 0.25) is 5.91 Å². The molecule has 1 saturated heterocycles. The molecule has 0 spiro atoms. The summed E-state index contributed by atoms with van der Waals surface area (Å²) >= 11 is 0. The Morgan fingerprint density at radius 1 is 0.744 bits per heavy atom. The van der Waals surface area contributed by atoms with Gasteiger partial charge in [0.05, 0.1) is 11.6 Å². The van der Waals surface area contributed by atoms with Crippen LogP contribution in [-0.4, -0.2) is 46.5 Å². The van der Waals surface area contributed by atoms with Crippen LogP contribution in [-0.2, 0) is 18.0 Å². The molecule has 1 atom stereocenters. The van der Waals surface area contributed by atoms with Crippen molar-refractivity contribution in [2.24, 2.45) is 7.05 Å². The lowest BCUT2D eigenvalue weighted by atomic mass is 9.87. The van der Waals surface area contributed by atoms with E-state index in [9.17, 15) is 18.0 Å². The third-order valence-electron chi connectivity index (χ3n) is 8.56. The van der Waals surface area contributed by atoms with Gasteiger partial charge in [0.25, 0.3) is 0 Å². The zero-order chi connectivity index (χ0) is 30.0. The van der Waals surface area contributed by atoms with Crippen molar-refractivity contribution in [3.8, 4) is 0 Å². The van der Waals surface area contributed by atoms with Crippen LogP contribution in [0.3, 0.4) is 0 Å². The standard InChI is InChI=1S/C36H34F3N3O/c1-40-25-32(30-17-8-9-18-33(30)40)31(28-15-10-16-29(23-28)36(37,38)39)24-34(43)41-19-21-42(22-20-41)35(26-11-4-2-5-12-26)27-13-6-3-7-14-27/h2-18,23,25,31,35H,19-22,24H2,1H3/t31-/m0/s1. The molecule has 5 aromatic rings. The van der Waals surface area contributed by atoms with Gasteiger partial charge in [0, 0.05) is 62.7 Å². The van der Waals surface area contributed by atoms with E-state index in [2.05, 4.69) is 29.2 Å². The van der Waals surface area contributed by atoms with Crippen molar-refractivity contribution in [3.63, 3.8) is 0 Å². The van der Waals surface area contributed by atoms with E-state index in [1.165, 1.54) is 23.3 Å². The molecular weight excluding hydrogens is 547 g/mol. The van der Waals surface area contributed by atoms with Gasteiger partial charge in [-0.1, -0.05) is 97.1 Å². The summed E-state index contributed by atoms with van der Waals surface area (Å²) in [5.41, 5.74) is 4.03. The minimum Gasteiger partial charge on any atom is -0.350 e. The maximum atomic E-state index is 13.9. The summed E-state index contributed by atoms with van der Waals surface area (Å²) < 4.78 is 43.1. The van der Waals surface area contributed by atoms with Crippen molar-refractivity contribution >= 4 is 16.8 Å². The van der Waals surface area contributed by atoms with Crippen LogP contribution in [0.5, 0.6) is 0 Å². The van der Waals surface area contributed by atoms with Gasteiger partial charge in [-0.3, -0.25) is 9.69 Å². The van der Waals surface area contributed by atoms with Crippen molar-refractivity contribution in [2.45, 2.75) is 24.6 Å². The van der Waals surface area contributed by atoms with Gasteiger partial charge < -0.3 is 9.47 Å². The average molecular weight is 582 g/mol. The Hall–Kier alpha value is -4.36. The average Bonchev–Trinajstić information content (AvgIpc) is 3.37. The number of piperazine rings is 1. The van der Waals surface area contributed by atoms with Crippen molar-refractivity contribution in [1.82, 2.24) is 14.4 Å². The minimum atomic E-state index is -4.46. The molecule has 2 heterocycles. The quantitative estimate of drug-likeness (QED) is 0.198. The highest BCUT2D eigenvalue weighted by Gasteiger charge is 2.33. The fraction of sp³-hybridized carbons (Fsp3) is 0.250. The van der Waals surface area contributed by atoms with E-state index in [-0.39, 0.29) is 18.4 Å². The molecule has 0 bridgehead atoms. The van der Waals surface area contributed by atoms with E-state index < -0.39 is 17.7 Å². The van der Waals surface area contributed by atoms with Crippen LogP contribution in [0.25, 0.3) is 10.9 Å². The molecule has 0 aliphatic carbocycles.